The number of hydrogen-bond acceptors (Lipinski definition) is 0. The molecule has 2 saturated carbocycles. The molecule has 2 aliphatic carbocycles. The summed E-state index contributed by atoms with van der Waals surface area (Å²) < 4.78 is 26.5. The molecule has 24 heavy (non-hydrogen) atoms. The zero-order valence-electron chi connectivity index (χ0n) is 14.7. The van der Waals surface area contributed by atoms with Crippen LogP contribution in [0.3, 0.4) is 0 Å². The lowest BCUT2D eigenvalue weighted by Gasteiger charge is -2.38. The lowest BCUT2D eigenvalue weighted by atomic mass is 9.68. The molecule has 0 radical (unpaired) electrons. The predicted octanol–water partition coefficient (Wildman–Crippen LogP) is 7.01. The van der Waals surface area contributed by atoms with Crippen molar-refractivity contribution in [2.45, 2.75) is 70.1 Å². The van der Waals surface area contributed by atoms with Crippen molar-refractivity contribution in [2.24, 2.45) is 17.8 Å². The van der Waals surface area contributed by atoms with Crippen LogP contribution in [0.25, 0.3) is 0 Å². The van der Waals surface area contributed by atoms with E-state index in [1.807, 2.05) is 6.08 Å². The summed E-state index contributed by atoms with van der Waals surface area (Å²) in [5, 5.41) is 0. The van der Waals surface area contributed by atoms with Crippen LogP contribution in [0, 0.1) is 29.4 Å². The van der Waals surface area contributed by atoms with Gasteiger partial charge in [-0.25, -0.2) is 8.78 Å². The number of allylic oxidation sites excluding steroid dienone is 1. The molecule has 1 aromatic carbocycles. The average Bonchev–Trinajstić information content (AvgIpc) is 2.63. The van der Waals surface area contributed by atoms with Gasteiger partial charge in [-0.3, -0.25) is 0 Å². The van der Waals surface area contributed by atoms with Crippen molar-refractivity contribution in [2.75, 3.05) is 0 Å². The van der Waals surface area contributed by atoms with E-state index in [1.54, 1.807) is 6.07 Å². The first-order valence-electron chi connectivity index (χ1n) is 9.73. The van der Waals surface area contributed by atoms with Crippen molar-refractivity contribution < 1.29 is 8.78 Å². The molecule has 2 aliphatic rings. The fourth-order valence-corrected chi connectivity index (χ4v) is 4.99. The third kappa shape index (κ3) is 4.26. The lowest BCUT2D eigenvalue weighted by molar-refractivity contribution is 0.157. The van der Waals surface area contributed by atoms with Crippen LogP contribution in [0.1, 0.15) is 75.7 Å². The summed E-state index contributed by atoms with van der Waals surface area (Å²) in [6, 6.07) is 4.46. The number of hydrogen-bond donors (Lipinski definition) is 0. The molecule has 132 valence electrons. The molecule has 0 amide bonds. The molecule has 0 N–H and O–H groups in total. The largest absolute Gasteiger partial charge is 0.204 e. The van der Waals surface area contributed by atoms with E-state index in [0.717, 1.165) is 42.6 Å². The van der Waals surface area contributed by atoms with Gasteiger partial charge in [0.25, 0.3) is 0 Å². The van der Waals surface area contributed by atoms with Crippen LogP contribution in [-0.4, -0.2) is 0 Å². The van der Waals surface area contributed by atoms with Gasteiger partial charge >= 0.3 is 0 Å². The standard InChI is InChI=1S/C22H30F2/c1-2-3-4-16-5-7-17(8-6-16)18-9-11-19(12-10-18)20-13-14-21(23)22(24)15-20/h2,13-19H,1,3-12H2/t16-,17-,18-,19-. The minimum absolute atomic E-state index is 0.417. The van der Waals surface area contributed by atoms with Gasteiger partial charge in [0.2, 0.25) is 0 Å². The van der Waals surface area contributed by atoms with Crippen LogP contribution in [0.15, 0.2) is 30.9 Å². The third-order valence-corrected chi connectivity index (χ3v) is 6.52. The Bertz CT molecular complexity index is 535. The normalized spacial score (nSPS) is 30.9. The Labute approximate surface area is 145 Å². The summed E-state index contributed by atoms with van der Waals surface area (Å²) in [7, 11) is 0. The summed E-state index contributed by atoms with van der Waals surface area (Å²) in [5.74, 6) is 1.65. The zero-order valence-corrected chi connectivity index (χ0v) is 14.7. The number of halogens is 2. The van der Waals surface area contributed by atoms with Crippen molar-refractivity contribution in [3.8, 4) is 0 Å². The van der Waals surface area contributed by atoms with Crippen molar-refractivity contribution in [1.29, 1.82) is 0 Å². The Balaban J connectivity index is 1.47. The Morgan fingerprint density at radius 1 is 0.875 bits per heavy atom. The molecule has 1 aromatic rings. The maximum absolute atomic E-state index is 13.4. The van der Waals surface area contributed by atoms with Crippen molar-refractivity contribution in [3.63, 3.8) is 0 Å². The maximum Gasteiger partial charge on any atom is 0.159 e. The topological polar surface area (TPSA) is 0 Å². The molecule has 0 aromatic heterocycles. The van der Waals surface area contributed by atoms with E-state index in [4.69, 9.17) is 0 Å². The molecule has 0 saturated heterocycles. The van der Waals surface area contributed by atoms with Gasteiger partial charge in [-0.2, -0.15) is 0 Å². The van der Waals surface area contributed by atoms with Gasteiger partial charge in [0.1, 0.15) is 0 Å². The highest BCUT2D eigenvalue weighted by Gasteiger charge is 2.31. The van der Waals surface area contributed by atoms with Gasteiger partial charge in [-0.05, 0) is 92.7 Å². The molecular formula is C22H30F2. The van der Waals surface area contributed by atoms with E-state index < -0.39 is 11.6 Å². The summed E-state index contributed by atoms with van der Waals surface area (Å²) >= 11 is 0. The fourth-order valence-electron chi connectivity index (χ4n) is 4.99. The first-order chi connectivity index (χ1) is 11.7. The number of benzene rings is 1. The molecule has 2 heteroatoms. The zero-order chi connectivity index (χ0) is 16.9. The van der Waals surface area contributed by atoms with Gasteiger partial charge in [-0.15, -0.1) is 6.58 Å². The molecule has 0 unspecified atom stereocenters. The van der Waals surface area contributed by atoms with Crippen molar-refractivity contribution in [1.82, 2.24) is 0 Å². The average molecular weight is 332 g/mol. The van der Waals surface area contributed by atoms with Crippen LogP contribution in [0.2, 0.25) is 0 Å². The van der Waals surface area contributed by atoms with Gasteiger partial charge in [-0.1, -0.05) is 25.0 Å². The van der Waals surface area contributed by atoms with Gasteiger partial charge in [0, 0.05) is 0 Å². The van der Waals surface area contributed by atoms with Gasteiger partial charge in [0.05, 0.1) is 0 Å². The first-order valence-corrected chi connectivity index (χ1v) is 9.73. The molecule has 0 nitrogen and oxygen atoms in total. The van der Waals surface area contributed by atoms with E-state index in [1.165, 1.54) is 57.1 Å². The Morgan fingerprint density at radius 2 is 1.50 bits per heavy atom. The predicted molar refractivity (Wildman–Crippen MR) is 95.9 cm³/mol. The second-order valence-corrected chi connectivity index (χ2v) is 7.93. The monoisotopic (exact) mass is 332 g/mol. The SMILES string of the molecule is C=CCC[C@H]1CC[C@H]([C@H]2CC[C@H](c3ccc(F)c(F)c3)CC2)CC1. The quantitative estimate of drug-likeness (QED) is 0.509. The van der Waals surface area contributed by atoms with E-state index >= 15 is 0 Å². The summed E-state index contributed by atoms with van der Waals surface area (Å²) in [5.41, 5.74) is 0.987. The first kappa shape index (κ1) is 17.6. The van der Waals surface area contributed by atoms with Crippen LogP contribution in [-0.2, 0) is 0 Å². The van der Waals surface area contributed by atoms with Crippen molar-refractivity contribution >= 4 is 0 Å². The molecule has 0 heterocycles. The molecule has 3 rings (SSSR count). The van der Waals surface area contributed by atoms with Crippen LogP contribution in [0.4, 0.5) is 8.78 Å². The Hall–Kier alpha value is -1.18. The maximum atomic E-state index is 13.4. The minimum Gasteiger partial charge on any atom is -0.204 e. The summed E-state index contributed by atoms with van der Waals surface area (Å²) in [6.07, 6.45) is 14.9. The molecule has 0 aliphatic heterocycles. The van der Waals surface area contributed by atoms with E-state index in [9.17, 15) is 8.78 Å². The van der Waals surface area contributed by atoms with Crippen LogP contribution < -0.4 is 0 Å². The highest BCUT2D eigenvalue weighted by molar-refractivity contribution is 5.22. The molecule has 2 fully saturated rings. The minimum atomic E-state index is -0.736. The third-order valence-electron chi connectivity index (χ3n) is 6.52. The van der Waals surface area contributed by atoms with Crippen molar-refractivity contribution in [3.05, 3.63) is 48.1 Å². The fraction of sp³-hybridized carbons (Fsp3) is 0.636. The molecule has 0 atom stereocenters. The summed E-state index contributed by atoms with van der Waals surface area (Å²) in [4.78, 5) is 0. The lowest BCUT2D eigenvalue weighted by Crippen LogP contribution is -2.25. The Kier molecular flexibility index (Phi) is 6.08. The van der Waals surface area contributed by atoms with Gasteiger partial charge in [0.15, 0.2) is 11.6 Å². The Morgan fingerprint density at radius 3 is 2.08 bits per heavy atom. The smallest absolute Gasteiger partial charge is 0.159 e. The van der Waals surface area contributed by atoms with E-state index in [-0.39, 0.29) is 0 Å². The summed E-state index contributed by atoms with van der Waals surface area (Å²) in [6.45, 7) is 3.83. The molecule has 0 spiro atoms. The van der Waals surface area contributed by atoms with Crippen LogP contribution >= 0.6 is 0 Å². The second-order valence-electron chi connectivity index (χ2n) is 7.93. The van der Waals surface area contributed by atoms with E-state index in [2.05, 4.69) is 6.58 Å². The molecular weight excluding hydrogens is 302 g/mol. The van der Waals surface area contributed by atoms with Gasteiger partial charge < -0.3 is 0 Å². The van der Waals surface area contributed by atoms with Crippen LogP contribution in [0.5, 0.6) is 0 Å². The van der Waals surface area contributed by atoms with E-state index in [0.29, 0.717) is 5.92 Å². The molecule has 0 bridgehead atoms. The highest BCUT2D eigenvalue weighted by Crippen LogP contribution is 2.44. The second kappa shape index (κ2) is 8.27. The number of rotatable bonds is 5. The highest BCUT2D eigenvalue weighted by atomic mass is 19.2.